The Morgan fingerprint density at radius 3 is 2.66 bits per heavy atom. The molecule has 8 heteroatoms. The van der Waals surface area contributed by atoms with E-state index in [0.717, 1.165) is 11.1 Å². The van der Waals surface area contributed by atoms with Gasteiger partial charge in [-0.05, 0) is 30.7 Å². The van der Waals surface area contributed by atoms with E-state index >= 15 is 0 Å². The fraction of sp³-hybridized carbons (Fsp3) is 0.143. The van der Waals surface area contributed by atoms with Crippen molar-refractivity contribution in [2.24, 2.45) is 0 Å². The van der Waals surface area contributed by atoms with Gasteiger partial charge in [-0.1, -0.05) is 47.7 Å². The van der Waals surface area contributed by atoms with Crippen molar-refractivity contribution in [2.45, 2.75) is 13.8 Å². The Labute approximate surface area is 169 Å². The van der Waals surface area contributed by atoms with Gasteiger partial charge in [0.1, 0.15) is 0 Å². The number of carbonyl (C=O) groups excluding carboxylic acids is 1. The first-order valence-electron chi connectivity index (χ1n) is 8.97. The summed E-state index contributed by atoms with van der Waals surface area (Å²) in [5, 5.41) is 4.34. The molecule has 146 valence electrons. The van der Waals surface area contributed by atoms with Gasteiger partial charge in [-0.15, -0.1) is 5.10 Å². The molecule has 0 unspecified atom stereocenters. The maximum absolute atomic E-state index is 12.7. The highest BCUT2D eigenvalue weighted by Gasteiger charge is 2.12. The predicted octanol–water partition coefficient (Wildman–Crippen LogP) is 2.69. The van der Waals surface area contributed by atoms with Crippen LogP contribution in [0.15, 0.2) is 53.3 Å². The molecule has 0 aliphatic heterocycles. The van der Waals surface area contributed by atoms with E-state index in [9.17, 15) is 9.59 Å². The van der Waals surface area contributed by atoms with Crippen LogP contribution in [-0.4, -0.2) is 27.2 Å². The molecule has 0 bridgehead atoms. The van der Waals surface area contributed by atoms with Gasteiger partial charge in [0, 0.05) is 12.5 Å². The highest BCUT2D eigenvalue weighted by atomic mass is 32.1. The number of rotatable bonds is 5. The lowest BCUT2D eigenvalue weighted by molar-refractivity contribution is -0.132. The zero-order chi connectivity index (χ0) is 20.4. The minimum atomic E-state index is -0.427. The van der Waals surface area contributed by atoms with Gasteiger partial charge < -0.3 is 9.47 Å². The monoisotopic (exact) mass is 407 g/mol. The van der Waals surface area contributed by atoms with Crippen LogP contribution in [0, 0.1) is 0 Å². The first kappa shape index (κ1) is 18.8. The number of hydrogen-bond donors (Lipinski definition) is 0. The first-order valence-corrected chi connectivity index (χ1v) is 9.79. The summed E-state index contributed by atoms with van der Waals surface area (Å²) in [5.41, 5.74) is 1.37. The third-order valence-corrected chi connectivity index (χ3v) is 4.99. The Balaban J connectivity index is 1.73. The molecular formula is C21H17N3O4S. The number of carbonyl (C=O) groups is 1. The van der Waals surface area contributed by atoms with Crippen molar-refractivity contribution in [3.63, 3.8) is 0 Å². The molecule has 4 rings (SSSR count). The summed E-state index contributed by atoms with van der Waals surface area (Å²) in [6.45, 7) is 3.59. The summed E-state index contributed by atoms with van der Waals surface area (Å²) >= 11 is 1.26. The SMILES string of the molecule is CCOc1cc(/C=c2/sc3nc(-c4ccccc4)nn3c2=O)ccc1OC(C)=O. The maximum Gasteiger partial charge on any atom is 0.308 e. The molecule has 0 N–H and O–H groups in total. The molecule has 0 aliphatic carbocycles. The van der Waals surface area contributed by atoms with Gasteiger partial charge in [-0.2, -0.15) is 9.50 Å². The lowest BCUT2D eigenvalue weighted by Crippen LogP contribution is -2.23. The van der Waals surface area contributed by atoms with Gasteiger partial charge in [0.15, 0.2) is 17.3 Å². The fourth-order valence-corrected chi connectivity index (χ4v) is 3.72. The van der Waals surface area contributed by atoms with Crippen LogP contribution in [0.1, 0.15) is 19.4 Å². The third-order valence-electron chi connectivity index (χ3n) is 4.03. The number of thiazole rings is 1. The van der Waals surface area contributed by atoms with E-state index in [4.69, 9.17) is 9.47 Å². The molecule has 4 aromatic rings. The largest absolute Gasteiger partial charge is 0.490 e. The molecule has 0 saturated carbocycles. The molecule has 0 aliphatic rings. The number of esters is 1. The van der Waals surface area contributed by atoms with Crippen LogP contribution in [0.5, 0.6) is 11.5 Å². The Bertz CT molecular complexity index is 1290. The zero-order valence-electron chi connectivity index (χ0n) is 15.8. The molecule has 0 fully saturated rings. The van der Waals surface area contributed by atoms with E-state index in [1.54, 1.807) is 24.3 Å². The Morgan fingerprint density at radius 2 is 1.97 bits per heavy atom. The normalized spacial score (nSPS) is 11.7. The number of ether oxygens (including phenoxy) is 2. The van der Waals surface area contributed by atoms with Crippen LogP contribution in [0.4, 0.5) is 0 Å². The van der Waals surface area contributed by atoms with E-state index in [1.807, 2.05) is 37.3 Å². The molecule has 2 aromatic heterocycles. The third kappa shape index (κ3) is 3.88. The maximum atomic E-state index is 12.7. The summed E-state index contributed by atoms with van der Waals surface area (Å²) in [6, 6.07) is 14.6. The number of aromatic nitrogens is 3. The molecule has 2 aromatic carbocycles. The number of nitrogens with zero attached hydrogens (tertiary/aromatic N) is 3. The summed E-state index contributed by atoms with van der Waals surface area (Å²) < 4.78 is 12.5. The van der Waals surface area contributed by atoms with Crippen LogP contribution in [0.3, 0.4) is 0 Å². The molecule has 0 spiro atoms. The van der Waals surface area contributed by atoms with E-state index in [-0.39, 0.29) is 5.56 Å². The van der Waals surface area contributed by atoms with Crippen molar-refractivity contribution in [2.75, 3.05) is 6.61 Å². The molecule has 7 nitrogen and oxygen atoms in total. The van der Waals surface area contributed by atoms with Crippen molar-refractivity contribution in [3.05, 3.63) is 69.0 Å². The van der Waals surface area contributed by atoms with E-state index in [2.05, 4.69) is 10.1 Å². The van der Waals surface area contributed by atoms with Gasteiger partial charge in [-0.3, -0.25) is 9.59 Å². The van der Waals surface area contributed by atoms with Crippen LogP contribution in [0.2, 0.25) is 0 Å². The lowest BCUT2D eigenvalue weighted by Gasteiger charge is -2.10. The predicted molar refractivity (Wildman–Crippen MR) is 110 cm³/mol. The second kappa shape index (κ2) is 7.84. The number of hydrogen-bond acceptors (Lipinski definition) is 7. The topological polar surface area (TPSA) is 82.8 Å². The Morgan fingerprint density at radius 1 is 1.17 bits per heavy atom. The number of fused-ring (bicyclic) bond motifs is 1. The minimum absolute atomic E-state index is 0.235. The smallest absolute Gasteiger partial charge is 0.308 e. The summed E-state index contributed by atoms with van der Waals surface area (Å²) in [6.07, 6.45) is 1.74. The van der Waals surface area contributed by atoms with E-state index in [0.29, 0.717) is 33.4 Å². The van der Waals surface area contributed by atoms with Crippen molar-refractivity contribution < 1.29 is 14.3 Å². The van der Waals surface area contributed by atoms with Crippen molar-refractivity contribution in [1.82, 2.24) is 14.6 Å². The minimum Gasteiger partial charge on any atom is -0.490 e. The molecule has 29 heavy (non-hydrogen) atoms. The molecule has 0 atom stereocenters. The Kier molecular flexibility index (Phi) is 5.09. The van der Waals surface area contributed by atoms with Gasteiger partial charge in [0.05, 0.1) is 11.1 Å². The Hall–Kier alpha value is -3.52. The van der Waals surface area contributed by atoms with Crippen molar-refractivity contribution >= 4 is 28.3 Å². The van der Waals surface area contributed by atoms with Crippen LogP contribution in [0.25, 0.3) is 22.4 Å². The first-order chi connectivity index (χ1) is 14.0. The summed E-state index contributed by atoms with van der Waals surface area (Å²) in [5.74, 6) is 0.873. The second-order valence-electron chi connectivity index (χ2n) is 6.14. The molecule has 0 saturated heterocycles. The highest BCUT2D eigenvalue weighted by molar-refractivity contribution is 7.15. The molecule has 0 radical (unpaired) electrons. The lowest BCUT2D eigenvalue weighted by atomic mass is 10.2. The zero-order valence-corrected chi connectivity index (χ0v) is 16.6. The molecular weight excluding hydrogens is 390 g/mol. The van der Waals surface area contributed by atoms with Crippen LogP contribution < -0.4 is 19.6 Å². The van der Waals surface area contributed by atoms with Crippen molar-refractivity contribution in [1.29, 1.82) is 0 Å². The van der Waals surface area contributed by atoms with E-state index in [1.165, 1.54) is 22.8 Å². The fourth-order valence-electron chi connectivity index (χ4n) is 2.82. The van der Waals surface area contributed by atoms with Crippen molar-refractivity contribution in [3.8, 4) is 22.9 Å². The van der Waals surface area contributed by atoms with E-state index < -0.39 is 5.97 Å². The standard InChI is InChI=1S/C21H17N3O4S/c1-3-27-17-11-14(9-10-16(17)28-13(2)25)12-18-20(26)24-21(29-18)22-19(23-24)15-7-5-4-6-8-15/h4-12H,3H2,1-2H3/b18-12+. The second-order valence-corrected chi connectivity index (χ2v) is 7.15. The molecule has 2 heterocycles. The number of benzene rings is 2. The average molecular weight is 407 g/mol. The summed E-state index contributed by atoms with van der Waals surface area (Å²) in [4.78, 5) is 29.0. The molecule has 0 amide bonds. The van der Waals surface area contributed by atoms with Gasteiger partial charge in [0.25, 0.3) is 5.56 Å². The van der Waals surface area contributed by atoms with Crippen LogP contribution >= 0.6 is 11.3 Å². The van der Waals surface area contributed by atoms with Gasteiger partial charge >= 0.3 is 5.97 Å². The highest BCUT2D eigenvalue weighted by Crippen LogP contribution is 2.29. The van der Waals surface area contributed by atoms with Gasteiger partial charge in [-0.25, -0.2) is 0 Å². The van der Waals surface area contributed by atoms with Gasteiger partial charge in [0.2, 0.25) is 4.96 Å². The quantitative estimate of drug-likeness (QED) is 0.374. The summed E-state index contributed by atoms with van der Waals surface area (Å²) in [7, 11) is 0. The van der Waals surface area contributed by atoms with Crippen LogP contribution in [-0.2, 0) is 4.79 Å². The average Bonchev–Trinajstić information content (AvgIpc) is 3.24.